The summed E-state index contributed by atoms with van der Waals surface area (Å²) in [6.45, 7) is 2.08. The Bertz CT molecular complexity index is 664. The Hall–Kier alpha value is -2.14. The highest BCUT2D eigenvalue weighted by atomic mass is 35.5. The van der Waals surface area contributed by atoms with Crippen molar-refractivity contribution in [3.63, 3.8) is 0 Å². The number of carbonyl (C=O) groups is 2. The fourth-order valence-electron chi connectivity index (χ4n) is 1.92. The summed E-state index contributed by atoms with van der Waals surface area (Å²) in [5, 5.41) is 4.58. The van der Waals surface area contributed by atoms with E-state index in [1.807, 2.05) is 0 Å². The summed E-state index contributed by atoms with van der Waals surface area (Å²) < 4.78 is 6.31. The molecule has 5 nitrogen and oxygen atoms in total. The van der Waals surface area contributed by atoms with E-state index < -0.39 is 5.97 Å². The minimum absolute atomic E-state index is 0.290. The molecule has 0 fully saturated rings. The quantitative estimate of drug-likeness (QED) is 0.641. The summed E-state index contributed by atoms with van der Waals surface area (Å²) in [5.41, 5.74) is 2.14. The normalized spacial score (nSPS) is 10.3. The van der Waals surface area contributed by atoms with E-state index in [-0.39, 0.29) is 0 Å². The zero-order valence-corrected chi connectivity index (χ0v) is 11.8. The van der Waals surface area contributed by atoms with Gasteiger partial charge in [0, 0.05) is 16.8 Å². The average molecular weight is 293 g/mol. The maximum Gasteiger partial charge on any atom is 0.338 e. The smallest absolute Gasteiger partial charge is 0.338 e. The van der Waals surface area contributed by atoms with Gasteiger partial charge in [-0.15, -0.1) is 0 Å². The van der Waals surface area contributed by atoms with Crippen LogP contribution in [0.25, 0.3) is 0 Å². The molecule has 0 amide bonds. The van der Waals surface area contributed by atoms with Crippen LogP contribution >= 0.6 is 11.6 Å². The maximum absolute atomic E-state index is 11.7. The van der Waals surface area contributed by atoms with Gasteiger partial charge in [-0.1, -0.05) is 17.7 Å². The SMILES string of the molecule is COC(=O)c1cccc(Cl)c1Cn1cc(C)c(C=O)n1. The molecule has 0 unspecified atom stereocenters. The molecule has 20 heavy (non-hydrogen) atoms. The van der Waals surface area contributed by atoms with Gasteiger partial charge in [0.1, 0.15) is 5.69 Å². The third kappa shape index (κ3) is 2.72. The van der Waals surface area contributed by atoms with Crippen molar-refractivity contribution in [2.75, 3.05) is 7.11 Å². The molecule has 1 heterocycles. The molecule has 2 rings (SSSR count). The molecule has 1 aromatic carbocycles. The van der Waals surface area contributed by atoms with Gasteiger partial charge in [0.15, 0.2) is 6.29 Å². The summed E-state index contributed by atoms with van der Waals surface area (Å²) in [6.07, 6.45) is 2.42. The van der Waals surface area contributed by atoms with Crippen LogP contribution in [0.4, 0.5) is 0 Å². The van der Waals surface area contributed by atoms with Gasteiger partial charge >= 0.3 is 5.97 Å². The fourth-order valence-corrected chi connectivity index (χ4v) is 2.15. The number of methoxy groups -OCH3 is 1. The molecule has 0 saturated carbocycles. The lowest BCUT2D eigenvalue weighted by molar-refractivity contribution is 0.0599. The van der Waals surface area contributed by atoms with Gasteiger partial charge in [-0.3, -0.25) is 9.48 Å². The first kappa shape index (κ1) is 14.3. The van der Waals surface area contributed by atoms with E-state index in [0.29, 0.717) is 34.7 Å². The van der Waals surface area contributed by atoms with Gasteiger partial charge in [0.25, 0.3) is 0 Å². The van der Waals surface area contributed by atoms with Crippen LogP contribution in [0.3, 0.4) is 0 Å². The van der Waals surface area contributed by atoms with Gasteiger partial charge in [-0.2, -0.15) is 5.10 Å². The summed E-state index contributed by atoms with van der Waals surface area (Å²) in [6, 6.07) is 5.02. The lowest BCUT2D eigenvalue weighted by Crippen LogP contribution is -2.10. The highest BCUT2D eigenvalue weighted by Crippen LogP contribution is 2.22. The molecular formula is C14H13ClN2O3. The van der Waals surface area contributed by atoms with Crippen molar-refractivity contribution in [2.45, 2.75) is 13.5 Å². The van der Waals surface area contributed by atoms with Gasteiger partial charge in [0.05, 0.1) is 19.2 Å². The Morgan fingerprint density at radius 1 is 1.50 bits per heavy atom. The number of hydrogen-bond acceptors (Lipinski definition) is 4. The Morgan fingerprint density at radius 2 is 2.25 bits per heavy atom. The molecule has 0 aliphatic heterocycles. The molecule has 0 bridgehead atoms. The lowest BCUT2D eigenvalue weighted by atomic mass is 10.1. The Morgan fingerprint density at radius 3 is 2.85 bits per heavy atom. The van der Waals surface area contributed by atoms with E-state index in [1.165, 1.54) is 7.11 Å². The monoisotopic (exact) mass is 292 g/mol. The van der Waals surface area contributed by atoms with E-state index in [9.17, 15) is 9.59 Å². The Balaban J connectivity index is 2.41. The zero-order chi connectivity index (χ0) is 14.7. The molecule has 0 saturated heterocycles. The molecule has 6 heteroatoms. The second kappa shape index (κ2) is 5.88. The fraction of sp³-hybridized carbons (Fsp3) is 0.214. The van der Waals surface area contributed by atoms with E-state index in [1.54, 1.807) is 36.0 Å². The highest BCUT2D eigenvalue weighted by molar-refractivity contribution is 6.31. The van der Waals surface area contributed by atoms with Gasteiger partial charge in [-0.25, -0.2) is 4.79 Å². The van der Waals surface area contributed by atoms with Crippen LogP contribution in [0.5, 0.6) is 0 Å². The average Bonchev–Trinajstić information content (AvgIpc) is 2.80. The summed E-state index contributed by atoms with van der Waals surface area (Å²) >= 11 is 6.14. The standard InChI is InChI=1S/C14H13ClN2O3/c1-9-6-17(16-13(9)8-18)7-11-10(14(19)20-2)4-3-5-12(11)15/h3-6,8H,7H2,1-2H3. The first-order valence-corrected chi connectivity index (χ1v) is 6.29. The Kier molecular flexibility index (Phi) is 4.20. The molecule has 0 N–H and O–H groups in total. The van der Waals surface area contributed by atoms with Crippen LogP contribution in [0.1, 0.15) is 32.0 Å². The molecule has 0 radical (unpaired) electrons. The van der Waals surface area contributed by atoms with E-state index in [2.05, 4.69) is 5.10 Å². The molecule has 0 aliphatic carbocycles. The molecule has 0 aliphatic rings. The highest BCUT2D eigenvalue weighted by Gasteiger charge is 2.16. The molecule has 104 valence electrons. The van der Waals surface area contributed by atoms with Crippen molar-refractivity contribution in [1.29, 1.82) is 0 Å². The number of ether oxygens (including phenoxy) is 1. The van der Waals surface area contributed by atoms with Crippen LogP contribution in [0.2, 0.25) is 5.02 Å². The van der Waals surface area contributed by atoms with Gasteiger partial charge in [-0.05, 0) is 24.6 Å². The number of benzene rings is 1. The number of aromatic nitrogens is 2. The molecule has 0 atom stereocenters. The maximum atomic E-state index is 11.7. The van der Waals surface area contributed by atoms with Crippen LogP contribution < -0.4 is 0 Å². The number of nitrogens with zero attached hydrogens (tertiary/aromatic N) is 2. The van der Waals surface area contributed by atoms with Crippen molar-refractivity contribution >= 4 is 23.9 Å². The van der Waals surface area contributed by atoms with E-state index in [0.717, 1.165) is 5.56 Å². The lowest BCUT2D eigenvalue weighted by Gasteiger charge is -2.10. The van der Waals surface area contributed by atoms with Crippen LogP contribution in [-0.4, -0.2) is 29.1 Å². The van der Waals surface area contributed by atoms with Crippen molar-refractivity contribution in [3.8, 4) is 0 Å². The molecule has 0 spiro atoms. The second-order valence-electron chi connectivity index (χ2n) is 4.27. The van der Waals surface area contributed by atoms with Crippen molar-refractivity contribution in [2.24, 2.45) is 0 Å². The van der Waals surface area contributed by atoms with Gasteiger partial charge < -0.3 is 4.74 Å². The van der Waals surface area contributed by atoms with E-state index >= 15 is 0 Å². The van der Waals surface area contributed by atoms with E-state index in [4.69, 9.17) is 16.3 Å². The summed E-state index contributed by atoms with van der Waals surface area (Å²) in [7, 11) is 1.32. The molecule has 1 aromatic heterocycles. The Labute approximate surface area is 121 Å². The van der Waals surface area contributed by atoms with Crippen LogP contribution in [0.15, 0.2) is 24.4 Å². The second-order valence-corrected chi connectivity index (χ2v) is 4.68. The minimum Gasteiger partial charge on any atom is -0.465 e. The first-order valence-electron chi connectivity index (χ1n) is 5.91. The predicted octanol–water partition coefficient (Wildman–Crippen LogP) is 2.49. The molecular weight excluding hydrogens is 280 g/mol. The number of aldehydes is 1. The number of rotatable bonds is 4. The third-order valence-corrected chi connectivity index (χ3v) is 3.29. The van der Waals surface area contributed by atoms with Gasteiger partial charge in [0.2, 0.25) is 0 Å². The first-order chi connectivity index (χ1) is 9.56. The molecule has 2 aromatic rings. The van der Waals surface area contributed by atoms with Crippen LogP contribution in [0, 0.1) is 6.92 Å². The topological polar surface area (TPSA) is 61.2 Å². The largest absolute Gasteiger partial charge is 0.465 e. The number of esters is 1. The summed E-state index contributed by atoms with van der Waals surface area (Å²) in [5.74, 6) is -0.456. The number of aryl methyl sites for hydroxylation is 1. The third-order valence-electron chi connectivity index (χ3n) is 2.94. The summed E-state index contributed by atoms with van der Waals surface area (Å²) in [4.78, 5) is 22.5. The van der Waals surface area contributed by atoms with Crippen molar-refractivity contribution in [3.05, 3.63) is 51.8 Å². The van der Waals surface area contributed by atoms with Crippen LogP contribution in [-0.2, 0) is 11.3 Å². The minimum atomic E-state index is -0.456. The zero-order valence-electron chi connectivity index (χ0n) is 11.1. The van der Waals surface area contributed by atoms with Crippen molar-refractivity contribution in [1.82, 2.24) is 9.78 Å². The predicted molar refractivity (Wildman–Crippen MR) is 74.2 cm³/mol. The number of carbonyl (C=O) groups excluding carboxylic acids is 2. The number of hydrogen-bond donors (Lipinski definition) is 0. The number of halogens is 1. The van der Waals surface area contributed by atoms with Crippen molar-refractivity contribution < 1.29 is 14.3 Å².